The molecule has 3 aromatic rings. The number of anilines is 1. The van der Waals surface area contributed by atoms with Gasteiger partial charge in [-0.2, -0.15) is 0 Å². The number of esters is 1. The van der Waals surface area contributed by atoms with Crippen LogP contribution in [0.15, 0.2) is 97.1 Å². The number of benzene rings is 3. The summed E-state index contributed by atoms with van der Waals surface area (Å²) in [6.07, 6.45) is 3.26. The average molecular weight is 541 g/mol. The normalized spacial score (nSPS) is 21.9. The van der Waals surface area contributed by atoms with Crippen LogP contribution in [0.2, 0.25) is 0 Å². The number of hydrogen-bond donors (Lipinski definition) is 1. The molecule has 1 saturated heterocycles. The Balaban J connectivity index is 1.36. The van der Waals surface area contributed by atoms with Gasteiger partial charge in [-0.3, -0.25) is 14.5 Å². The Labute approximate surface area is 235 Å². The molecule has 1 amide bonds. The van der Waals surface area contributed by atoms with E-state index in [2.05, 4.69) is 10.2 Å². The van der Waals surface area contributed by atoms with E-state index >= 15 is 0 Å². The van der Waals surface area contributed by atoms with Crippen LogP contribution in [0, 0.1) is 11.8 Å². The molecule has 208 valence electrons. The third-order valence-corrected chi connectivity index (χ3v) is 7.56. The lowest BCUT2D eigenvalue weighted by atomic mass is 9.85. The average Bonchev–Trinajstić information content (AvgIpc) is 3.59. The highest BCUT2D eigenvalue weighted by atomic mass is 16.5. The lowest BCUT2D eigenvalue weighted by Gasteiger charge is -2.41. The predicted octanol–water partition coefficient (Wildman–Crippen LogP) is 5.23. The maximum Gasteiger partial charge on any atom is 0.313 e. The summed E-state index contributed by atoms with van der Waals surface area (Å²) in [5, 5.41) is 3.11. The van der Waals surface area contributed by atoms with Gasteiger partial charge in [-0.05, 0) is 41.3 Å². The smallest absolute Gasteiger partial charge is 0.313 e. The van der Waals surface area contributed by atoms with Gasteiger partial charge in [0.25, 0.3) is 0 Å². The van der Waals surface area contributed by atoms with E-state index in [0.717, 1.165) is 16.9 Å². The second-order valence-electron chi connectivity index (χ2n) is 10.6. The first-order chi connectivity index (χ1) is 19.4. The number of fused-ring (bicyclic) bond motifs is 2. The molecular formula is C33H36N2O5. The molecule has 5 atom stereocenters. The molecule has 0 saturated carbocycles. The van der Waals surface area contributed by atoms with Crippen LogP contribution < -0.4 is 10.1 Å². The summed E-state index contributed by atoms with van der Waals surface area (Å²) < 4.78 is 17.2. The molecule has 2 aliphatic rings. The molecule has 0 aliphatic carbocycles. The molecule has 5 rings (SSSR count). The van der Waals surface area contributed by atoms with Crippen molar-refractivity contribution in [1.82, 2.24) is 4.90 Å². The molecule has 0 radical (unpaired) electrons. The number of amides is 1. The van der Waals surface area contributed by atoms with Crippen molar-refractivity contribution >= 4 is 17.6 Å². The van der Waals surface area contributed by atoms with Gasteiger partial charge in [-0.15, -0.1) is 0 Å². The molecule has 7 heteroatoms. The van der Waals surface area contributed by atoms with Crippen LogP contribution in [0.3, 0.4) is 0 Å². The van der Waals surface area contributed by atoms with Gasteiger partial charge in [0.05, 0.1) is 31.4 Å². The van der Waals surface area contributed by atoms with E-state index in [-0.39, 0.29) is 36.0 Å². The molecular weight excluding hydrogens is 504 g/mol. The van der Waals surface area contributed by atoms with Crippen molar-refractivity contribution in [3.63, 3.8) is 0 Å². The number of hydrogen-bond acceptors (Lipinski definition) is 6. The second-order valence-corrected chi connectivity index (χ2v) is 10.6. The first-order valence-electron chi connectivity index (χ1n) is 13.7. The van der Waals surface area contributed by atoms with Crippen LogP contribution in [0.1, 0.15) is 25.0 Å². The molecule has 1 N–H and O–H groups in total. The molecule has 40 heavy (non-hydrogen) atoms. The van der Waals surface area contributed by atoms with Gasteiger partial charge in [-0.25, -0.2) is 0 Å². The standard InChI is InChI=1S/C33H36N2O5/c1-22(2)30(32(36)34-25-14-16-26(17-15-25)39-21-24-12-8-5-9-13-24)35(20-23-10-6-4-7-11-23)31-28-19-18-27(40-28)29(31)33(37)38-3/h4-19,22,27-31H,20-21H2,1-3H3,(H,34,36)/t27-,28+,29-,30?,31-/m1/s1. The number of ether oxygens (including phenoxy) is 3. The first-order valence-corrected chi connectivity index (χ1v) is 13.7. The lowest BCUT2D eigenvalue weighted by molar-refractivity contribution is -0.149. The number of nitrogens with zero attached hydrogens (tertiary/aromatic N) is 1. The summed E-state index contributed by atoms with van der Waals surface area (Å²) in [5.74, 6) is -0.301. The summed E-state index contributed by atoms with van der Waals surface area (Å²) >= 11 is 0. The number of rotatable bonds is 11. The fraction of sp³-hybridized carbons (Fsp3) is 0.333. The minimum absolute atomic E-state index is 0.0430. The van der Waals surface area contributed by atoms with Crippen LogP contribution >= 0.6 is 0 Å². The van der Waals surface area contributed by atoms with Crippen LogP contribution in [0.25, 0.3) is 0 Å². The van der Waals surface area contributed by atoms with Crippen LogP contribution in [0.5, 0.6) is 5.75 Å². The minimum Gasteiger partial charge on any atom is -0.489 e. The van der Waals surface area contributed by atoms with Crippen LogP contribution in [-0.4, -0.2) is 48.2 Å². The number of nitrogens with one attached hydrogen (secondary N) is 1. The van der Waals surface area contributed by atoms with Crippen molar-refractivity contribution in [2.45, 2.75) is 51.3 Å². The Morgan fingerprint density at radius 2 is 1.50 bits per heavy atom. The largest absolute Gasteiger partial charge is 0.489 e. The first kappa shape index (κ1) is 27.6. The SMILES string of the molecule is COC(=O)[C@H]1[C@H](N(Cc2ccccc2)C(C(=O)Nc2ccc(OCc3ccccc3)cc2)C(C)C)[C@@H]2C=C[C@H]1O2. The summed E-state index contributed by atoms with van der Waals surface area (Å²) in [6.45, 7) is 5.01. The number of carbonyl (C=O) groups is 2. The zero-order chi connectivity index (χ0) is 28.1. The zero-order valence-corrected chi connectivity index (χ0v) is 23.1. The molecule has 2 aliphatic heterocycles. The van der Waals surface area contributed by atoms with Gasteiger partial charge in [0.2, 0.25) is 5.91 Å². The maximum absolute atomic E-state index is 13.9. The fourth-order valence-corrected chi connectivity index (χ4v) is 5.70. The molecule has 3 aromatic carbocycles. The Kier molecular flexibility index (Phi) is 8.63. The van der Waals surface area contributed by atoms with Gasteiger partial charge in [0.15, 0.2) is 0 Å². The maximum atomic E-state index is 13.9. The van der Waals surface area contributed by atoms with Gasteiger partial charge >= 0.3 is 5.97 Å². The van der Waals surface area contributed by atoms with E-state index < -0.39 is 12.0 Å². The molecule has 1 fully saturated rings. The van der Waals surface area contributed by atoms with Crippen molar-refractivity contribution in [3.8, 4) is 5.75 Å². The van der Waals surface area contributed by atoms with E-state index in [4.69, 9.17) is 14.2 Å². The van der Waals surface area contributed by atoms with E-state index in [1.807, 2.05) is 111 Å². The quantitative estimate of drug-likeness (QED) is 0.265. The van der Waals surface area contributed by atoms with Crippen LogP contribution in [0.4, 0.5) is 5.69 Å². The molecule has 0 aromatic heterocycles. The van der Waals surface area contributed by atoms with Gasteiger partial charge in [-0.1, -0.05) is 86.7 Å². The monoisotopic (exact) mass is 540 g/mol. The number of carbonyl (C=O) groups excluding carboxylic acids is 2. The molecule has 1 unspecified atom stereocenters. The van der Waals surface area contributed by atoms with Gasteiger partial charge in [0.1, 0.15) is 18.3 Å². The van der Waals surface area contributed by atoms with Gasteiger partial charge in [0, 0.05) is 12.2 Å². The van der Waals surface area contributed by atoms with Crippen molar-refractivity contribution in [3.05, 3.63) is 108 Å². The van der Waals surface area contributed by atoms with E-state index in [1.54, 1.807) is 0 Å². The van der Waals surface area contributed by atoms with E-state index in [9.17, 15) is 9.59 Å². The van der Waals surface area contributed by atoms with Crippen molar-refractivity contribution in [2.75, 3.05) is 12.4 Å². The summed E-state index contributed by atoms with van der Waals surface area (Å²) in [4.78, 5) is 29.0. The molecule has 2 heterocycles. The highest BCUT2D eigenvalue weighted by Crippen LogP contribution is 2.40. The summed E-state index contributed by atoms with van der Waals surface area (Å²) in [5.41, 5.74) is 2.81. The van der Waals surface area contributed by atoms with Crippen molar-refractivity contribution in [1.29, 1.82) is 0 Å². The molecule has 0 spiro atoms. The number of methoxy groups -OCH3 is 1. The van der Waals surface area contributed by atoms with Crippen molar-refractivity contribution in [2.24, 2.45) is 11.8 Å². The fourth-order valence-electron chi connectivity index (χ4n) is 5.70. The van der Waals surface area contributed by atoms with E-state index in [1.165, 1.54) is 7.11 Å². The second kappa shape index (κ2) is 12.5. The van der Waals surface area contributed by atoms with Crippen molar-refractivity contribution < 1.29 is 23.8 Å². The third-order valence-electron chi connectivity index (χ3n) is 7.56. The minimum atomic E-state index is -0.525. The Hall–Kier alpha value is -3.94. The summed E-state index contributed by atoms with van der Waals surface area (Å²) in [6, 6.07) is 26.5. The molecule has 2 bridgehead atoms. The topological polar surface area (TPSA) is 77.1 Å². The third kappa shape index (κ3) is 6.11. The highest BCUT2D eigenvalue weighted by molar-refractivity contribution is 5.95. The van der Waals surface area contributed by atoms with Gasteiger partial charge < -0.3 is 19.5 Å². The zero-order valence-electron chi connectivity index (χ0n) is 23.1. The Bertz CT molecular complexity index is 1310. The van der Waals surface area contributed by atoms with E-state index in [0.29, 0.717) is 18.8 Å². The molecule has 7 nitrogen and oxygen atoms in total. The van der Waals surface area contributed by atoms with Crippen LogP contribution in [-0.2, 0) is 32.2 Å². The summed E-state index contributed by atoms with van der Waals surface area (Å²) in [7, 11) is 1.40. The lowest BCUT2D eigenvalue weighted by Crippen LogP contribution is -2.57. The highest BCUT2D eigenvalue weighted by Gasteiger charge is 2.54. The Morgan fingerprint density at radius 1 is 0.875 bits per heavy atom. The predicted molar refractivity (Wildman–Crippen MR) is 154 cm³/mol. The Morgan fingerprint density at radius 3 is 2.12 bits per heavy atom.